The molecule has 2 aliphatic rings. The largest absolute Gasteiger partial charge is 0.493 e. The lowest BCUT2D eigenvalue weighted by molar-refractivity contribution is 0.288. The highest BCUT2D eigenvalue weighted by atomic mass is 32.2. The normalized spacial score (nSPS) is 16.8. The molecule has 0 amide bonds. The Bertz CT molecular complexity index is 1160. The monoisotopic (exact) mass is 397 g/mol. The van der Waals surface area contributed by atoms with Gasteiger partial charge in [-0.15, -0.1) is 0 Å². The standard InChI is InChI=1S/C21H23N3O3S/c1-14-23-19-11-15(4-8-20(19)24(14)17-5-6-17)13-22-28(25,26)18-7-9-21-16(12-18)3-2-10-27-21/h4,7-9,11-12,17,22H,2-3,5-6,10,13H2,1H3. The number of sulfonamides is 1. The average Bonchev–Trinajstić information content (AvgIpc) is 3.47. The van der Waals surface area contributed by atoms with Gasteiger partial charge in [-0.3, -0.25) is 0 Å². The predicted octanol–water partition coefficient (Wildman–Crippen LogP) is 3.48. The van der Waals surface area contributed by atoms with Gasteiger partial charge in [-0.05, 0) is 74.1 Å². The molecule has 1 fully saturated rings. The van der Waals surface area contributed by atoms with E-state index < -0.39 is 10.0 Å². The quantitative estimate of drug-likeness (QED) is 0.715. The first kappa shape index (κ1) is 17.7. The molecule has 146 valence electrons. The molecule has 0 radical (unpaired) electrons. The summed E-state index contributed by atoms with van der Waals surface area (Å²) in [5, 5.41) is 0. The number of fused-ring (bicyclic) bond motifs is 2. The second-order valence-corrected chi connectivity index (χ2v) is 9.40. The molecule has 0 saturated heterocycles. The van der Waals surface area contributed by atoms with Crippen molar-refractivity contribution in [3.8, 4) is 5.75 Å². The Hall–Kier alpha value is -2.38. The van der Waals surface area contributed by atoms with E-state index in [0.29, 0.717) is 12.6 Å². The lowest BCUT2D eigenvalue weighted by Gasteiger charge is -2.18. The summed E-state index contributed by atoms with van der Waals surface area (Å²) in [5.74, 6) is 1.81. The molecule has 1 N–H and O–H groups in total. The number of hydrogen-bond donors (Lipinski definition) is 1. The van der Waals surface area contributed by atoms with Crippen LogP contribution in [0.1, 0.15) is 42.3 Å². The third-order valence-electron chi connectivity index (χ3n) is 5.50. The Morgan fingerprint density at radius 3 is 2.89 bits per heavy atom. The molecule has 5 rings (SSSR count). The van der Waals surface area contributed by atoms with E-state index in [1.54, 1.807) is 18.2 Å². The molecule has 6 nitrogen and oxygen atoms in total. The molecule has 28 heavy (non-hydrogen) atoms. The zero-order chi connectivity index (χ0) is 19.3. The van der Waals surface area contributed by atoms with Gasteiger partial charge < -0.3 is 9.30 Å². The summed E-state index contributed by atoms with van der Waals surface area (Å²) < 4.78 is 36.1. The maximum Gasteiger partial charge on any atom is 0.240 e. The molecule has 7 heteroatoms. The molecular formula is C21H23N3O3S. The van der Waals surface area contributed by atoms with Crippen LogP contribution in [0.3, 0.4) is 0 Å². The van der Waals surface area contributed by atoms with E-state index in [-0.39, 0.29) is 11.4 Å². The molecule has 0 atom stereocenters. The fourth-order valence-electron chi connectivity index (χ4n) is 3.93. The lowest BCUT2D eigenvalue weighted by Crippen LogP contribution is -2.23. The Morgan fingerprint density at radius 2 is 2.07 bits per heavy atom. The molecule has 1 saturated carbocycles. The van der Waals surface area contributed by atoms with Gasteiger partial charge in [-0.25, -0.2) is 18.1 Å². The zero-order valence-electron chi connectivity index (χ0n) is 15.8. The van der Waals surface area contributed by atoms with Gasteiger partial charge in [0.05, 0.1) is 22.5 Å². The van der Waals surface area contributed by atoms with Crippen molar-refractivity contribution in [2.24, 2.45) is 0 Å². The fourth-order valence-corrected chi connectivity index (χ4v) is 5.00. The van der Waals surface area contributed by atoms with Crippen LogP contribution in [-0.4, -0.2) is 24.6 Å². The van der Waals surface area contributed by atoms with Crippen LogP contribution < -0.4 is 9.46 Å². The minimum atomic E-state index is -3.58. The van der Waals surface area contributed by atoms with Gasteiger partial charge in [0.1, 0.15) is 11.6 Å². The Morgan fingerprint density at radius 1 is 1.21 bits per heavy atom. The smallest absolute Gasteiger partial charge is 0.240 e. The molecule has 0 unspecified atom stereocenters. The van der Waals surface area contributed by atoms with Crippen molar-refractivity contribution in [1.29, 1.82) is 0 Å². The molecule has 3 aromatic rings. The van der Waals surface area contributed by atoms with Crippen molar-refractivity contribution in [1.82, 2.24) is 14.3 Å². The van der Waals surface area contributed by atoms with Crippen LogP contribution >= 0.6 is 0 Å². The van der Waals surface area contributed by atoms with Crippen molar-refractivity contribution in [2.75, 3.05) is 6.61 Å². The second kappa shape index (κ2) is 6.60. The highest BCUT2D eigenvalue weighted by molar-refractivity contribution is 7.89. The van der Waals surface area contributed by atoms with Gasteiger partial charge >= 0.3 is 0 Å². The highest BCUT2D eigenvalue weighted by Gasteiger charge is 2.27. The predicted molar refractivity (Wildman–Crippen MR) is 107 cm³/mol. The van der Waals surface area contributed by atoms with Crippen LogP contribution in [0, 0.1) is 6.92 Å². The topological polar surface area (TPSA) is 73.2 Å². The first-order valence-electron chi connectivity index (χ1n) is 9.74. The summed E-state index contributed by atoms with van der Waals surface area (Å²) in [5.41, 5.74) is 3.91. The summed E-state index contributed by atoms with van der Waals surface area (Å²) in [6.07, 6.45) is 4.18. The summed E-state index contributed by atoms with van der Waals surface area (Å²) in [6.45, 7) is 2.96. The number of benzene rings is 2. The van der Waals surface area contributed by atoms with Gasteiger partial charge in [0, 0.05) is 12.6 Å². The third-order valence-corrected chi connectivity index (χ3v) is 6.90. The molecular weight excluding hydrogens is 374 g/mol. The molecule has 1 aliphatic heterocycles. The van der Waals surface area contributed by atoms with Gasteiger partial charge in [-0.1, -0.05) is 6.07 Å². The van der Waals surface area contributed by atoms with Crippen LogP contribution in [0.5, 0.6) is 5.75 Å². The number of nitrogens with zero attached hydrogens (tertiary/aromatic N) is 2. The van der Waals surface area contributed by atoms with Crippen LogP contribution in [0.15, 0.2) is 41.3 Å². The minimum absolute atomic E-state index is 0.237. The number of imidazole rings is 1. The molecule has 0 spiro atoms. The van der Waals surface area contributed by atoms with Crippen LogP contribution in [-0.2, 0) is 23.0 Å². The molecule has 2 heterocycles. The molecule has 1 aromatic heterocycles. The summed E-state index contributed by atoms with van der Waals surface area (Å²) in [4.78, 5) is 4.94. The minimum Gasteiger partial charge on any atom is -0.493 e. The third kappa shape index (κ3) is 3.18. The van der Waals surface area contributed by atoms with E-state index in [2.05, 4.69) is 14.3 Å². The van der Waals surface area contributed by atoms with Crippen molar-refractivity contribution in [3.63, 3.8) is 0 Å². The maximum absolute atomic E-state index is 12.7. The van der Waals surface area contributed by atoms with E-state index in [1.165, 1.54) is 12.8 Å². The number of nitrogens with one attached hydrogen (secondary N) is 1. The summed E-state index contributed by atoms with van der Waals surface area (Å²) in [6, 6.07) is 11.7. The van der Waals surface area contributed by atoms with Crippen molar-refractivity contribution in [2.45, 2.75) is 50.1 Å². The van der Waals surface area contributed by atoms with Gasteiger partial charge in [0.2, 0.25) is 10.0 Å². The van der Waals surface area contributed by atoms with Crippen LogP contribution in [0.25, 0.3) is 11.0 Å². The summed E-state index contributed by atoms with van der Waals surface area (Å²) in [7, 11) is -3.58. The van der Waals surface area contributed by atoms with Crippen LogP contribution in [0.2, 0.25) is 0 Å². The van der Waals surface area contributed by atoms with E-state index >= 15 is 0 Å². The van der Waals surface area contributed by atoms with Crippen molar-refractivity contribution >= 4 is 21.1 Å². The van der Waals surface area contributed by atoms with Gasteiger partial charge in [0.15, 0.2) is 0 Å². The van der Waals surface area contributed by atoms with Gasteiger partial charge in [-0.2, -0.15) is 0 Å². The van der Waals surface area contributed by atoms with E-state index in [9.17, 15) is 8.42 Å². The SMILES string of the molecule is Cc1nc2cc(CNS(=O)(=O)c3ccc4c(c3)CCCO4)ccc2n1C1CC1. The summed E-state index contributed by atoms with van der Waals surface area (Å²) >= 11 is 0. The van der Waals surface area contributed by atoms with Crippen LogP contribution in [0.4, 0.5) is 0 Å². The molecule has 1 aliphatic carbocycles. The van der Waals surface area contributed by atoms with Crippen molar-refractivity contribution in [3.05, 3.63) is 53.3 Å². The number of ether oxygens (including phenoxy) is 1. The molecule has 2 aromatic carbocycles. The fraction of sp³-hybridized carbons (Fsp3) is 0.381. The van der Waals surface area contributed by atoms with E-state index in [0.717, 1.165) is 46.6 Å². The number of rotatable bonds is 5. The zero-order valence-corrected chi connectivity index (χ0v) is 16.6. The highest BCUT2D eigenvalue weighted by Crippen LogP contribution is 2.38. The number of aromatic nitrogens is 2. The lowest BCUT2D eigenvalue weighted by atomic mass is 10.1. The first-order chi connectivity index (χ1) is 13.5. The van der Waals surface area contributed by atoms with Crippen molar-refractivity contribution < 1.29 is 13.2 Å². The van der Waals surface area contributed by atoms with Gasteiger partial charge in [0.25, 0.3) is 0 Å². The number of hydrogen-bond acceptors (Lipinski definition) is 4. The number of aryl methyl sites for hydroxylation is 2. The first-order valence-corrected chi connectivity index (χ1v) is 11.2. The maximum atomic E-state index is 12.7. The van der Waals surface area contributed by atoms with E-state index in [1.807, 2.05) is 25.1 Å². The Balaban J connectivity index is 1.36. The average molecular weight is 398 g/mol. The Labute approximate surface area is 164 Å². The Kier molecular flexibility index (Phi) is 4.17. The van der Waals surface area contributed by atoms with E-state index in [4.69, 9.17) is 4.74 Å². The molecule has 0 bridgehead atoms. The second-order valence-electron chi connectivity index (χ2n) is 7.63.